The molecule has 120 valence electrons. The van der Waals surface area contributed by atoms with Crippen LogP contribution < -0.4 is 5.32 Å². The zero-order chi connectivity index (χ0) is 15.5. The molecule has 2 atom stereocenters. The van der Waals surface area contributed by atoms with Crippen LogP contribution in [-0.4, -0.2) is 19.2 Å². The first-order valence-electron chi connectivity index (χ1n) is 8.29. The molecule has 3 heteroatoms. The summed E-state index contributed by atoms with van der Waals surface area (Å²) >= 11 is 3.55. The third-order valence-electron chi connectivity index (χ3n) is 3.66. The predicted molar refractivity (Wildman–Crippen MR) is 94.7 cm³/mol. The normalized spacial score (nSPS) is 14.1. The third-order valence-corrected chi connectivity index (χ3v) is 4.15. The summed E-state index contributed by atoms with van der Waals surface area (Å²) < 4.78 is 7.40. The van der Waals surface area contributed by atoms with Crippen molar-refractivity contribution in [3.63, 3.8) is 0 Å². The lowest BCUT2D eigenvalue weighted by Gasteiger charge is -2.23. The summed E-state index contributed by atoms with van der Waals surface area (Å²) in [5.74, 6) is 0. The Balaban J connectivity index is 2.53. The van der Waals surface area contributed by atoms with Crippen LogP contribution >= 0.6 is 15.9 Å². The summed E-state index contributed by atoms with van der Waals surface area (Å²) in [4.78, 5) is 0. The van der Waals surface area contributed by atoms with E-state index in [-0.39, 0.29) is 6.10 Å². The molecule has 21 heavy (non-hydrogen) atoms. The molecule has 0 bridgehead atoms. The van der Waals surface area contributed by atoms with Crippen LogP contribution in [0, 0.1) is 0 Å². The largest absolute Gasteiger partial charge is 0.369 e. The lowest BCUT2D eigenvalue weighted by atomic mass is 10.1. The number of benzene rings is 1. The number of rotatable bonds is 11. The summed E-state index contributed by atoms with van der Waals surface area (Å²) in [6.45, 7) is 8.42. The van der Waals surface area contributed by atoms with E-state index in [0.717, 1.165) is 24.0 Å². The number of hydrogen-bond acceptors (Lipinski definition) is 2. The van der Waals surface area contributed by atoms with Crippen LogP contribution in [0.25, 0.3) is 0 Å². The molecule has 0 aliphatic heterocycles. The van der Waals surface area contributed by atoms with E-state index in [0.29, 0.717) is 6.10 Å². The van der Waals surface area contributed by atoms with Crippen LogP contribution in [0.5, 0.6) is 0 Å². The van der Waals surface area contributed by atoms with Gasteiger partial charge in [-0.05, 0) is 37.6 Å². The SMILES string of the molecule is CCCCCCC(C)OC(CNCC)c1cccc(Br)c1. The van der Waals surface area contributed by atoms with Gasteiger partial charge in [-0.25, -0.2) is 0 Å². The highest BCUT2D eigenvalue weighted by Gasteiger charge is 2.15. The first-order valence-corrected chi connectivity index (χ1v) is 9.08. The molecule has 1 N–H and O–H groups in total. The van der Waals surface area contributed by atoms with Gasteiger partial charge in [-0.1, -0.05) is 67.6 Å². The molecular weight excluding hydrogens is 326 g/mol. The molecule has 0 fully saturated rings. The molecule has 2 unspecified atom stereocenters. The van der Waals surface area contributed by atoms with Gasteiger partial charge in [-0.2, -0.15) is 0 Å². The van der Waals surface area contributed by atoms with Gasteiger partial charge in [0.2, 0.25) is 0 Å². The first-order chi connectivity index (χ1) is 10.2. The van der Waals surface area contributed by atoms with Crippen LogP contribution in [0.2, 0.25) is 0 Å². The number of halogens is 1. The molecule has 1 aromatic carbocycles. The fraction of sp³-hybridized carbons (Fsp3) is 0.667. The highest BCUT2D eigenvalue weighted by Crippen LogP contribution is 2.23. The highest BCUT2D eigenvalue weighted by atomic mass is 79.9. The zero-order valence-corrected chi connectivity index (χ0v) is 15.3. The highest BCUT2D eigenvalue weighted by molar-refractivity contribution is 9.10. The van der Waals surface area contributed by atoms with Gasteiger partial charge in [0.05, 0.1) is 12.2 Å². The van der Waals surface area contributed by atoms with Crippen molar-refractivity contribution in [1.29, 1.82) is 0 Å². The number of ether oxygens (including phenoxy) is 1. The Bertz CT molecular complexity index is 383. The standard InChI is InChI=1S/C18H30BrNO/c1-4-6-7-8-10-15(3)21-18(14-20-5-2)16-11-9-12-17(19)13-16/h9,11-13,15,18,20H,4-8,10,14H2,1-3H3. The maximum absolute atomic E-state index is 6.29. The molecule has 1 aromatic rings. The van der Waals surface area contributed by atoms with Gasteiger partial charge in [-0.3, -0.25) is 0 Å². The first kappa shape index (κ1) is 18.7. The number of likely N-dealkylation sites (N-methyl/N-ethyl adjacent to an activating group) is 1. The topological polar surface area (TPSA) is 21.3 Å². The summed E-state index contributed by atoms with van der Waals surface area (Å²) in [6, 6.07) is 8.44. The fourth-order valence-electron chi connectivity index (χ4n) is 2.43. The lowest BCUT2D eigenvalue weighted by Crippen LogP contribution is -2.26. The molecule has 0 amide bonds. The maximum Gasteiger partial charge on any atom is 0.0953 e. The van der Waals surface area contributed by atoms with E-state index in [1.807, 2.05) is 0 Å². The van der Waals surface area contributed by atoms with Crippen molar-refractivity contribution in [2.24, 2.45) is 0 Å². The van der Waals surface area contributed by atoms with E-state index in [1.54, 1.807) is 0 Å². The average Bonchev–Trinajstić information content (AvgIpc) is 2.48. The summed E-state index contributed by atoms with van der Waals surface area (Å²) in [5, 5.41) is 3.41. The second kappa shape index (κ2) is 11.2. The Morgan fingerprint density at radius 2 is 2.00 bits per heavy atom. The monoisotopic (exact) mass is 355 g/mol. The van der Waals surface area contributed by atoms with Crippen LogP contribution in [0.3, 0.4) is 0 Å². The molecule has 0 saturated carbocycles. The van der Waals surface area contributed by atoms with E-state index in [1.165, 1.54) is 31.2 Å². The van der Waals surface area contributed by atoms with Crippen molar-refractivity contribution >= 4 is 15.9 Å². The van der Waals surface area contributed by atoms with Crippen molar-refractivity contribution in [2.75, 3.05) is 13.1 Å². The molecule has 1 rings (SSSR count). The lowest BCUT2D eigenvalue weighted by molar-refractivity contribution is -0.00787. The van der Waals surface area contributed by atoms with Gasteiger partial charge in [0.25, 0.3) is 0 Å². The van der Waals surface area contributed by atoms with E-state index in [9.17, 15) is 0 Å². The molecule has 0 saturated heterocycles. The molecule has 0 aliphatic rings. The van der Waals surface area contributed by atoms with Gasteiger partial charge in [-0.15, -0.1) is 0 Å². The maximum atomic E-state index is 6.29. The van der Waals surface area contributed by atoms with Gasteiger partial charge in [0.1, 0.15) is 0 Å². The summed E-state index contributed by atoms with van der Waals surface area (Å²) in [5.41, 5.74) is 1.24. The van der Waals surface area contributed by atoms with Crippen molar-refractivity contribution in [3.05, 3.63) is 34.3 Å². The van der Waals surface area contributed by atoms with Crippen molar-refractivity contribution in [1.82, 2.24) is 5.32 Å². The minimum atomic E-state index is 0.128. The van der Waals surface area contributed by atoms with Crippen LogP contribution in [0.15, 0.2) is 28.7 Å². The number of nitrogens with one attached hydrogen (secondary N) is 1. The second-order valence-corrected chi connectivity index (χ2v) is 6.56. The molecule has 2 nitrogen and oxygen atoms in total. The quantitative estimate of drug-likeness (QED) is 0.531. The smallest absolute Gasteiger partial charge is 0.0953 e. The Morgan fingerprint density at radius 3 is 2.67 bits per heavy atom. The van der Waals surface area contributed by atoms with Crippen LogP contribution in [0.1, 0.15) is 64.5 Å². The van der Waals surface area contributed by atoms with Gasteiger partial charge < -0.3 is 10.1 Å². The zero-order valence-electron chi connectivity index (χ0n) is 13.7. The average molecular weight is 356 g/mol. The minimum absolute atomic E-state index is 0.128. The third kappa shape index (κ3) is 7.98. The molecule has 0 aliphatic carbocycles. The molecule has 0 heterocycles. The second-order valence-electron chi connectivity index (χ2n) is 5.65. The van der Waals surface area contributed by atoms with Gasteiger partial charge in [0.15, 0.2) is 0 Å². The Morgan fingerprint density at radius 1 is 1.19 bits per heavy atom. The van der Waals surface area contributed by atoms with Crippen molar-refractivity contribution < 1.29 is 4.74 Å². The molecule has 0 radical (unpaired) electrons. The van der Waals surface area contributed by atoms with E-state index in [4.69, 9.17) is 4.74 Å². The van der Waals surface area contributed by atoms with E-state index < -0.39 is 0 Å². The van der Waals surface area contributed by atoms with Crippen LogP contribution in [0.4, 0.5) is 0 Å². The van der Waals surface area contributed by atoms with Gasteiger partial charge >= 0.3 is 0 Å². The van der Waals surface area contributed by atoms with Gasteiger partial charge in [0, 0.05) is 11.0 Å². The van der Waals surface area contributed by atoms with Crippen LogP contribution in [-0.2, 0) is 4.74 Å². The predicted octanol–water partition coefficient (Wildman–Crippen LogP) is 5.48. The Labute approximate surface area is 138 Å². The molecule has 0 aromatic heterocycles. The van der Waals surface area contributed by atoms with E-state index >= 15 is 0 Å². The Kier molecular flexibility index (Phi) is 9.98. The number of unbranched alkanes of at least 4 members (excludes halogenated alkanes) is 3. The number of hydrogen-bond donors (Lipinski definition) is 1. The molecule has 0 spiro atoms. The van der Waals surface area contributed by atoms with E-state index in [2.05, 4.69) is 66.3 Å². The fourth-order valence-corrected chi connectivity index (χ4v) is 2.85. The summed E-state index contributed by atoms with van der Waals surface area (Å²) in [7, 11) is 0. The van der Waals surface area contributed by atoms with Crippen molar-refractivity contribution in [3.8, 4) is 0 Å². The van der Waals surface area contributed by atoms with Crippen molar-refractivity contribution in [2.45, 2.75) is 65.1 Å². The Hall–Kier alpha value is -0.380. The molecular formula is C18H30BrNO. The minimum Gasteiger partial charge on any atom is -0.369 e. The summed E-state index contributed by atoms with van der Waals surface area (Å²) in [6.07, 6.45) is 6.79.